The summed E-state index contributed by atoms with van der Waals surface area (Å²) in [6.07, 6.45) is 0.264. The molecule has 0 aliphatic carbocycles. The average molecular weight is 192 g/mol. The maximum atomic E-state index is 9.99. The van der Waals surface area contributed by atoms with Gasteiger partial charge in [0.15, 0.2) is 0 Å². The van der Waals surface area contributed by atoms with Crippen LogP contribution in [0.15, 0.2) is 0 Å². The van der Waals surface area contributed by atoms with Gasteiger partial charge in [-0.15, -0.1) is 0 Å². The van der Waals surface area contributed by atoms with E-state index < -0.39 is 20.7 Å². The number of hydrogen-bond donors (Lipinski definition) is 1. The standard InChI is InChI=1S/C5H11GeO3/c1-6(9-2)4-3-5(7)8/h3-4H2,1-2H3,(H,7,8). The van der Waals surface area contributed by atoms with E-state index in [1.165, 1.54) is 0 Å². The summed E-state index contributed by atoms with van der Waals surface area (Å²) in [5.74, 6) is 1.29. The van der Waals surface area contributed by atoms with E-state index >= 15 is 0 Å². The third kappa shape index (κ3) is 5.85. The van der Waals surface area contributed by atoms with Crippen LogP contribution < -0.4 is 0 Å². The van der Waals surface area contributed by atoms with Crippen LogP contribution in [0, 0.1) is 0 Å². The second kappa shape index (κ2) is 4.81. The molecule has 0 rings (SSSR count). The number of carbonyl (C=O) groups is 1. The van der Waals surface area contributed by atoms with Crippen LogP contribution in [0.2, 0.25) is 11.0 Å². The number of hydrogen-bond acceptors (Lipinski definition) is 2. The summed E-state index contributed by atoms with van der Waals surface area (Å²) in [6.45, 7) is 0. The molecule has 0 heterocycles. The second-order valence-corrected chi connectivity index (χ2v) is 6.65. The van der Waals surface area contributed by atoms with Crippen LogP contribution in [0.5, 0.6) is 0 Å². The van der Waals surface area contributed by atoms with Crippen LogP contribution in [0.3, 0.4) is 0 Å². The van der Waals surface area contributed by atoms with Gasteiger partial charge in [-0.1, -0.05) is 0 Å². The third-order valence-corrected chi connectivity index (χ3v) is 4.50. The van der Waals surface area contributed by atoms with Crippen LogP contribution in [-0.4, -0.2) is 32.9 Å². The van der Waals surface area contributed by atoms with Crippen molar-refractivity contribution in [2.24, 2.45) is 0 Å². The van der Waals surface area contributed by atoms with Gasteiger partial charge >= 0.3 is 58.9 Å². The molecule has 0 unspecified atom stereocenters. The Morgan fingerprint density at radius 1 is 1.78 bits per heavy atom. The molecule has 0 atom stereocenters. The molecule has 0 saturated carbocycles. The van der Waals surface area contributed by atoms with Crippen LogP contribution in [0.1, 0.15) is 6.42 Å². The molecule has 53 valence electrons. The summed E-state index contributed by atoms with van der Waals surface area (Å²) < 4.78 is 5.00. The molecular formula is C5H11GeO3. The predicted molar refractivity (Wildman–Crippen MR) is 35.7 cm³/mol. The van der Waals surface area contributed by atoms with Gasteiger partial charge in [0.2, 0.25) is 0 Å². The molecule has 3 nitrogen and oxygen atoms in total. The van der Waals surface area contributed by atoms with Crippen molar-refractivity contribution in [3.8, 4) is 0 Å². The monoisotopic (exact) mass is 193 g/mol. The zero-order valence-corrected chi connectivity index (χ0v) is 7.78. The predicted octanol–water partition coefficient (Wildman–Crippen LogP) is 0.729. The molecule has 4 heteroatoms. The van der Waals surface area contributed by atoms with Crippen LogP contribution >= 0.6 is 0 Å². The summed E-state index contributed by atoms with van der Waals surface area (Å²) in [5, 5.41) is 8.98. The summed E-state index contributed by atoms with van der Waals surface area (Å²) in [4.78, 5) is 9.99. The van der Waals surface area contributed by atoms with Crippen molar-refractivity contribution < 1.29 is 13.7 Å². The molecule has 9 heavy (non-hydrogen) atoms. The van der Waals surface area contributed by atoms with E-state index in [1.54, 1.807) is 7.11 Å². The molecule has 0 aromatic carbocycles. The average Bonchev–Trinajstić information content (AvgIpc) is 1.83. The van der Waals surface area contributed by atoms with Gasteiger partial charge in [-0.3, -0.25) is 0 Å². The van der Waals surface area contributed by atoms with Crippen molar-refractivity contribution in [2.45, 2.75) is 17.4 Å². The second-order valence-electron chi connectivity index (χ2n) is 1.80. The van der Waals surface area contributed by atoms with Gasteiger partial charge in [-0.25, -0.2) is 0 Å². The molecule has 0 fully saturated rings. The van der Waals surface area contributed by atoms with Crippen molar-refractivity contribution >= 4 is 20.7 Å². The van der Waals surface area contributed by atoms with E-state index in [4.69, 9.17) is 8.87 Å². The number of rotatable bonds is 4. The Hall–Kier alpha value is -0.0271. The topological polar surface area (TPSA) is 46.5 Å². The zero-order chi connectivity index (χ0) is 7.28. The van der Waals surface area contributed by atoms with Crippen molar-refractivity contribution in [1.29, 1.82) is 0 Å². The minimum absolute atomic E-state index is 0.264. The molecule has 0 aromatic heterocycles. The first-order valence-electron chi connectivity index (χ1n) is 2.75. The Morgan fingerprint density at radius 2 is 2.33 bits per heavy atom. The van der Waals surface area contributed by atoms with Crippen molar-refractivity contribution in [1.82, 2.24) is 0 Å². The van der Waals surface area contributed by atoms with Crippen molar-refractivity contribution in [3.63, 3.8) is 0 Å². The number of carboxylic acids is 1. The van der Waals surface area contributed by atoms with Crippen molar-refractivity contribution in [3.05, 3.63) is 0 Å². The van der Waals surface area contributed by atoms with Gasteiger partial charge in [0.05, 0.1) is 0 Å². The van der Waals surface area contributed by atoms with Crippen LogP contribution in [0.25, 0.3) is 0 Å². The number of aliphatic carboxylic acids is 1. The fourth-order valence-corrected chi connectivity index (χ4v) is 2.00. The molecular weight excluding hydrogens is 181 g/mol. The van der Waals surface area contributed by atoms with E-state index in [0.29, 0.717) is 0 Å². The summed E-state index contributed by atoms with van der Waals surface area (Å²) in [7, 11) is 1.65. The van der Waals surface area contributed by atoms with Gasteiger partial charge in [-0.2, -0.15) is 0 Å². The molecule has 0 aliphatic heterocycles. The third-order valence-electron chi connectivity index (χ3n) is 1.04. The maximum absolute atomic E-state index is 9.99. The minimum atomic E-state index is -1.35. The van der Waals surface area contributed by atoms with Gasteiger partial charge in [0.25, 0.3) is 0 Å². The van der Waals surface area contributed by atoms with Gasteiger partial charge in [0.1, 0.15) is 0 Å². The Morgan fingerprint density at radius 3 is 2.67 bits per heavy atom. The summed E-state index contributed by atoms with van der Waals surface area (Å²) in [5.41, 5.74) is 0. The molecule has 0 saturated heterocycles. The molecule has 1 N–H and O–H groups in total. The van der Waals surface area contributed by atoms with Crippen LogP contribution in [-0.2, 0) is 8.56 Å². The molecule has 0 amide bonds. The van der Waals surface area contributed by atoms with E-state index in [-0.39, 0.29) is 6.42 Å². The zero-order valence-electron chi connectivity index (χ0n) is 5.68. The molecule has 0 aromatic rings. The van der Waals surface area contributed by atoms with E-state index in [1.807, 2.05) is 5.76 Å². The Balaban J connectivity index is 3.16. The Bertz CT molecular complexity index is 94.2. The Labute approximate surface area is 59.5 Å². The van der Waals surface area contributed by atoms with Gasteiger partial charge in [0, 0.05) is 0 Å². The van der Waals surface area contributed by atoms with Crippen molar-refractivity contribution in [2.75, 3.05) is 7.11 Å². The fourth-order valence-electron chi connectivity index (χ4n) is 0.385. The fraction of sp³-hybridized carbons (Fsp3) is 0.800. The molecule has 0 bridgehead atoms. The normalized spacial score (nSPS) is 10.1. The van der Waals surface area contributed by atoms with Crippen LogP contribution in [0.4, 0.5) is 0 Å². The first kappa shape index (κ1) is 8.97. The SMILES string of the molecule is C[O][Ge]([CH3])[CH2]CC(=O)O. The summed E-state index contributed by atoms with van der Waals surface area (Å²) in [6, 6.07) is 0. The Kier molecular flexibility index (Phi) is 4.80. The van der Waals surface area contributed by atoms with E-state index in [9.17, 15) is 4.79 Å². The first-order valence-corrected chi connectivity index (χ1v) is 7.19. The number of carboxylic acid groups (broad SMARTS) is 1. The first-order chi connectivity index (χ1) is 4.16. The van der Waals surface area contributed by atoms with Gasteiger partial charge < -0.3 is 0 Å². The van der Waals surface area contributed by atoms with E-state index in [2.05, 4.69) is 0 Å². The van der Waals surface area contributed by atoms with Gasteiger partial charge in [-0.05, 0) is 0 Å². The van der Waals surface area contributed by atoms with E-state index in [0.717, 1.165) is 5.25 Å². The quantitative estimate of drug-likeness (QED) is 0.667. The molecule has 0 aliphatic rings. The molecule has 0 spiro atoms. The summed E-state index contributed by atoms with van der Waals surface area (Å²) >= 11 is -1.35. The molecule has 1 radical (unpaired) electrons.